The third-order valence-corrected chi connectivity index (χ3v) is 3.84. The molecule has 0 aliphatic rings. The second kappa shape index (κ2) is 7.37. The molecule has 1 atom stereocenters. The highest BCUT2D eigenvalue weighted by molar-refractivity contribution is 5.39. The summed E-state index contributed by atoms with van der Waals surface area (Å²) in [6, 6.07) is 6.18. The lowest BCUT2D eigenvalue weighted by Crippen LogP contribution is -2.10. The molecule has 0 spiro atoms. The zero-order valence-corrected chi connectivity index (χ0v) is 13.1. The van der Waals surface area contributed by atoms with E-state index in [0.29, 0.717) is 5.92 Å². The maximum absolute atomic E-state index is 6.02. The summed E-state index contributed by atoms with van der Waals surface area (Å²) in [6.07, 6.45) is 3.49. The Kier molecular flexibility index (Phi) is 6.14. The molecular weight excluding hydrogens is 232 g/mol. The number of hydrogen-bond donors (Lipinski definition) is 0. The van der Waals surface area contributed by atoms with Gasteiger partial charge in [-0.1, -0.05) is 45.9 Å². The lowest BCUT2D eigenvalue weighted by molar-refractivity contribution is 0.316. The van der Waals surface area contributed by atoms with E-state index in [0.717, 1.165) is 30.3 Å². The summed E-state index contributed by atoms with van der Waals surface area (Å²) in [6.45, 7) is 15.1. The number of hydrogen-bond acceptors (Lipinski definition) is 1. The van der Waals surface area contributed by atoms with Crippen molar-refractivity contribution >= 4 is 0 Å². The maximum Gasteiger partial charge on any atom is 0.130 e. The molecule has 19 heavy (non-hydrogen) atoms. The normalized spacial score (nSPS) is 12.5. The van der Waals surface area contributed by atoms with Gasteiger partial charge in [-0.15, -0.1) is 0 Å². The summed E-state index contributed by atoms with van der Waals surface area (Å²) < 4.78 is 6.02. The Morgan fingerprint density at radius 1 is 1.21 bits per heavy atom. The van der Waals surface area contributed by atoms with Gasteiger partial charge >= 0.3 is 0 Å². The summed E-state index contributed by atoms with van der Waals surface area (Å²) in [4.78, 5) is 0. The van der Waals surface area contributed by atoms with Crippen LogP contribution < -0.4 is 4.74 Å². The number of benzene rings is 1. The van der Waals surface area contributed by atoms with Crippen LogP contribution in [0.5, 0.6) is 5.75 Å². The molecule has 0 bridgehead atoms. The smallest absolute Gasteiger partial charge is 0.130 e. The Morgan fingerprint density at radius 3 is 2.47 bits per heavy atom. The Bertz CT molecular complexity index is 418. The molecule has 1 aromatic rings. The minimum Gasteiger partial charge on any atom is -0.462 e. The molecule has 0 heterocycles. The third-order valence-electron chi connectivity index (χ3n) is 3.84. The molecule has 1 rings (SSSR count). The number of allylic oxidation sites excluding steroid dienone is 1. The molecule has 0 amide bonds. The molecule has 1 aromatic carbocycles. The fourth-order valence-corrected chi connectivity index (χ4v) is 2.19. The molecule has 0 aliphatic carbocycles. The highest BCUT2D eigenvalue weighted by atomic mass is 16.5. The van der Waals surface area contributed by atoms with Crippen LogP contribution in [-0.2, 0) is 0 Å². The molecule has 106 valence electrons. The van der Waals surface area contributed by atoms with E-state index >= 15 is 0 Å². The molecule has 1 unspecified atom stereocenters. The van der Waals surface area contributed by atoms with Crippen LogP contribution in [0.3, 0.4) is 0 Å². The first-order chi connectivity index (χ1) is 8.95. The quantitative estimate of drug-likeness (QED) is 0.575. The largest absolute Gasteiger partial charge is 0.462 e. The van der Waals surface area contributed by atoms with Crippen molar-refractivity contribution in [2.24, 2.45) is 11.8 Å². The van der Waals surface area contributed by atoms with Gasteiger partial charge < -0.3 is 4.74 Å². The molecule has 1 nitrogen and oxygen atoms in total. The lowest BCUT2D eigenvalue weighted by atomic mass is 9.94. The summed E-state index contributed by atoms with van der Waals surface area (Å²) in [5, 5.41) is 0. The zero-order chi connectivity index (χ0) is 14.4. The molecule has 0 aliphatic heterocycles. The highest BCUT2D eigenvalue weighted by Gasteiger charge is 2.14. The SMILES string of the molecule is C=C(Oc1cccc(C)c1C)C(CC)CCC(C)C. The van der Waals surface area contributed by atoms with Crippen molar-refractivity contribution in [2.75, 3.05) is 0 Å². The van der Waals surface area contributed by atoms with E-state index < -0.39 is 0 Å². The molecule has 0 saturated carbocycles. The number of rotatable bonds is 7. The first kappa shape index (κ1) is 15.8. The van der Waals surface area contributed by atoms with Gasteiger partial charge in [0.15, 0.2) is 0 Å². The van der Waals surface area contributed by atoms with E-state index in [2.05, 4.69) is 47.3 Å². The van der Waals surface area contributed by atoms with Crippen LogP contribution in [0.4, 0.5) is 0 Å². The van der Waals surface area contributed by atoms with Crippen molar-refractivity contribution in [2.45, 2.75) is 53.9 Å². The minimum absolute atomic E-state index is 0.460. The second-order valence-electron chi connectivity index (χ2n) is 5.84. The van der Waals surface area contributed by atoms with E-state index in [9.17, 15) is 0 Å². The molecule has 0 aromatic heterocycles. The molecule has 1 heteroatoms. The summed E-state index contributed by atoms with van der Waals surface area (Å²) in [7, 11) is 0. The van der Waals surface area contributed by atoms with Gasteiger partial charge in [0.25, 0.3) is 0 Å². The van der Waals surface area contributed by atoms with Gasteiger partial charge in [-0.05, 0) is 49.8 Å². The van der Waals surface area contributed by atoms with Gasteiger partial charge in [-0.25, -0.2) is 0 Å². The second-order valence-corrected chi connectivity index (χ2v) is 5.84. The Hall–Kier alpha value is -1.24. The standard InChI is InChI=1S/C18H28O/c1-7-17(12-11-13(2)3)16(6)19-18-10-8-9-14(4)15(18)5/h8-10,13,17H,6-7,11-12H2,1-5H3. The Balaban J connectivity index is 2.69. The topological polar surface area (TPSA) is 9.23 Å². The number of aryl methyl sites for hydroxylation is 1. The van der Waals surface area contributed by atoms with Gasteiger partial charge in [0, 0.05) is 5.92 Å². The van der Waals surface area contributed by atoms with E-state index in [4.69, 9.17) is 4.74 Å². The Morgan fingerprint density at radius 2 is 1.89 bits per heavy atom. The maximum atomic E-state index is 6.02. The van der Waals surface area contributed by atoms with Crippen LogP contribution in [0, 0.1) is 25.7 Å². The van der Waals surface area contributed by atoms with Crippen LogP contribution >= 0.6 is 0 Å². The average Bonchev–Trinajstić information content (AvgIpc) is 2.35. The van der Waals surface area contributed by atoms with Crippen molar-refractivity contribution in [3.05, 3.63) is 41.7 Å². The van der Waals surface area contributed by atoms with Crippen molar-refractivity contribution < 1.29 is 4.74 Å². The van der Waals surface area contributed by atoms with Crippen molar-refractivity contribution in [3.63, 3.8) is 0 Å². The summed E-state index contributed by atoms with van der Waals surface area (Å²) in [5.74, 6) is 3.06. The summed E-state index contributed by atoms with van der Waals surface area (Å²) in [5.41, 5.74) is 2.47. The minimum atomic E-state index is 0.460. The predicted molar refractivity (Wildman–Crippen MR) is 83.5 cm³/mol. The lowest BCUT2D eigenvalue weighted by Gasteiger charge is -2.20. The monoisotopic (exact) mass is 260 g/mol. The van der Waals surface area contributed by atoms with Crippen molar-refractivity contribution in [1.82, 2.24) is 0 Å². The number of ether oxygens (including phenoxy) is 1. The average molecular weight is 260 g/mol. The molecule has 0 saturated heterocycles. The van der Waals surface area contributed by atoms with Gasteiger partial charge in [0.2, 0.25) is 0 Å². The van der Waals surface area contributed by atoms with E-state index in [-0.39, 0.29) is 0 Å². The molecule has 0 fully saturated rings. The van der Waals surface area contributed by atoms with Crippen LogP contribution in [0.15, 0.2) is 30.5 Å². The van der Waals surface area contributed by atoms with Crippen molar-refractivity contribution in [1.29, 1.82) is 0 Å². The van der Waals surface area contributed by atoms with Gasteiger partial charge in [0.05, 0.1) is 5.76 Å². The third kappa shape index (κ3) is 4.74. The van der Waals surface area contributed by atoms with Gasteiger partial charge in [-0.2, -0.15) is 0 Å². The van der Waals surface area contributed by atoms with E-state index in [1.54, 1.807) is 0 Å². The fraction of sp³-hybridized carbons (Fsp3) is 0.556. The molecule has 0 N–H and O–H groups in total. The predicted octanol–water partition coefficient (Wildman–Crippen LogP) is 5.66. The Labute approximate surface area is 118 Å². The molecule has 0 radical (unpaired) electrons. The van der Waals surface area contributed by atoms with Crippen molar-refractivity contribution in [3.8, 4) is 5.75 Å². The van der Waals surface area contributed by atoms with Crippen LogP contribution in [-0.4, -0.2) is 0 Å². The van der Waals surface area contributed by atoms with Crippen LogP contribution in [0.1, 0.15) is 51.2 Å². The first-order valence-corrected chi connectivity index (χ1v) is 7.38. The van der Waals surface area contributed by atoms with Gasteiger partial charge in [-0.3, -0.25) is 0 Å². The summed E-state index contributed by atoms with van der Waals surface area (Å²) >= 11 is 0. The zero-order valence-electron chi connectivity index (χ0n) is 13.1. The van der Waals surface area contributed by atoms with Crippen LogP contribution in [0.25, 0.3) is 0 Å². The fourth-order valence-electron chi connectivity index (χ4n) is 2.19. The highest BCUT2D eigenvalue weighted by Crippen LogP contribution is 2.28. The van der Waals surface area contributed by atoms with Gasteiger partial charge in [0.1, 0.15) is 5.75 Å². The van der Waals surface area contributed by atoms with Crippen LogP contribution in [0.2, 0.25) is 0 Å². The molecular formula is C18H28O. The van der Waals surface area contributed by atoms with E-state index in [1.807, 2.05) is 12.1 Å². The first-order valence-electron chi connectivity index (χ1n) is 7.38. The van der Waals surface area contributed by atoms with E-state index in [1.165, 1.54) is 17.5 Å².